The van der Waals surface area contributed by atoms with Gasteiger partial charge in [0.15, 0.2) is 5.82 Å². The van der Waals surface area contributed by atoms with E-state index in [9.17, 15) is 0 Å². The minimum atomic E-state index is -0.0862. The minimum absolute atomic E-state index is 0.0862. The highest BCUT2D eigenvalue weighted by Crippen LogP contribution is 2.04. The third-order valence-corrected chi connectivity index (χ3v) is 1.08. The van der Waals surface area contributed by atoms with Crippen LogP contribution in [0.5, 0.6) is 0 Å². The molecule has 0 aliphatic heterocycles. The monoisotopic (exact) mass is 158 g/mol. The summed E-state index contributed by atoms with van der Waals surface area (Å²) in [6, 6.07) is 0. The minimum Gasteiger partial charge on any atom is -0.406 e. The quantitative estimate of drug-likeness (QED) is 0.495. The number of aromatic nitrogens is 2. The van der Waals surface area contributed by atoms with Gasteiger partial charge in [-0.15, -0.1) is 4.73 Å². The Bertz CT molecular complexity index is 215. The van der Waals surface area contributed by atoms with Crippen LogP contribution in [0.4, 0.5) is 11.8 Å². The molecule has 0 spiro atoms. The topological polar surface area (TPSA) is 99.3 Å². The summed E-state index contributed by atoms with van der Waals surface area (Å²) in [7, 11) is 0. The van der Waals surface area contributed by atoms with Crippen LogP contribution in [0.15, 0.2) is 6.20 Å². The molecule has 6 heteroatoms. The number of rotatable bonds is 3. The summed E-state index contributed by atoms with van der Waals surface area (Å²) in [6.45, 7) is 0.0574. The first-order valence-corrected chi connectivity index (χ1v) is 3.08. The molecular formula is C5H10N4O2. The fourth-order valence-electron chi connectivity index (χ4n) is 0.642. The Hall–Kier alpha value is -1.43. The third kappa shape index (κ3) is 1.53. The molecule has 0 atom stereocenters. The van der Waals surface area contributed by atoms with Gasteiger partial charge in [0.25, 0.3) is 0 Å². The van der Waals surface area contributed by atoms with Crippen molar-refractivity contribution in [1.82, 2.24) is 9.71 Å². The highest BCUT2D eigenvalue weighted by atomic mass is 16.7. The molecule has 0 aliphatic rings. The van der Waals surface area contributed by atoms with E-state index in [1.165, 1.54) is 6.20 Å². The second kappa shape index (κ2) is 3.11. The Kier molecular flexibility index (Phi) is 2.17. The summed E-state index contributed by atoms with van der Waals surface area (Å²) in [4.78, 5) is 8.59. The number of hydrogen-bond acceptors (Lipinski definition) is 5. The lowest BCUT2D eigenvalue weighted by Gasteiger charge is -2.06. The SMILES string of the molecule is Nc1cnc(N)n1OCCO. The van der Waals surface area contributed by atoms with Crippen LogP contribution in [0.25, 0.3) is 0 Å². The molecule has 1 aromatic heterocycles. The molecule has 6 nitrogen and oxygen atoms in total. The smallest absolute Gasteiger partial charge is 0.236 e. The number of nitrogens with two attached hydrogens (primary N) is 2. The highest BCUT2D eigenvalue weighted by molar-refractivity contribution is 5.34. The fraction of sp³-hybridized carbons (Fsp3) is 0.400. The van der Waals surface area contributed by atoms with Crippen LogP contribution < -0.4 is 16.3 Å². The molecule has 11 heavy (non-hydrogen) atoms. The maximum atomic E-state index is 8.41. The van der Waals surface area contributed by atoms with E-state index in [0.717, 1.165) is 4.73 Å². The van der Waals surface area contributed by atoms with Crippen molar-refractivity contribution in [3.63, 3.8) is 0 Å². The molecule has 0 amide bonds. The fourth-order valence-corrected chi connectivity index (χ4v) is 0.642. The van der Waals surface area contributed by atoms with E-state index in [-0.39, 0.29) is 19.2 Å². The van der Waals surface area contributed by atoms with E-state index in [0.29, 0.717) is 5.82 Å². The average Bonchev–Trinajstić information content (AvgIpc) is 2.29. The van der Waals surface area contributed by atoms with Crippen LogP contribution >= 0.6 is 0 Å². The van der Waals surface area contributed by atoms with E-state index >= 15 is 0 Å². The van der Waals surface area contributed by atoms with Crippen molar-refractivity contribution in [1.29, 1.82) is 0 Å². The Morgan fingerprint density at radius 3 is 2.82 bits per heavy atom. The lowest BCUT2D eigenvalue weighted by atomic mass is 10.8. The molecule has 0 saturated carbocycles. The largest absolute Gasteiger partial charge is 0.406 e. The Balaban J connectivity index is 2.67. The molecule has 0 aliphatic carbocycles. The summed E-state index contributed by atoms with van der Waals surface area (Å²) in [5, 5.41) is 8.41. The Morgan fingerprint density at radius 1 is 1.64 bits per heavy atom. The summed E-state index contributed by atoms with van der Waals surface area (Å²) in [6.07, 6.45) is 1.38. The molecule has 0 radical (unpaired) electrons. The zero-order valence-electron chi connectivity index (χ0n) is 5.90. The van der Waals surface area contributed by atoms with Gasteiger partial charge in [-0.05, 0) is 0 Å². The van der Waals surface area contributed by atoms with Crippen molar-refractivity contribution in [2.45, 2.75) is 0 Å². The molecule has 0 saturated heterocycles. The van der Waals surface area contributed by atoms with Gasteiger partial charge in [-0.2, -0.15) is 0 Å². The van der Waals surface area contributed by atoms with Gasteiger partial charge >= 0.3 is 0 Å². The second-order valence-corrected chi connectivity index (χ2v) is 1.89. The number of anilines is 2. The van der Waals surface area contributed by atoms with E-state index < -0.39 is 0 Å². The van der Waals surface area contributed by atoms with Crippen LogP contribution in [0, 0.1) is 0 Å². The zero-order chi connectivity index (χ0) is 8.27. The summed E-state index contributed by atoms with van der Waals surface area (Å²) in [5.41, 5.74) is 10.7. The zero-order valence-corrected chi connectivity index (χ0v) is 5.90. The van der Waals surface area contributed by atoms with E-state index in [1.807, 2.05) is 0 Å². The molecule has 1 aromatic rings. The second-order valence-electron chi connectivity index (χ2n) is 1.89. The van der Waals surface area contributed by atoms with Crippen molar-refractivity contribution < 1.29 is 9.94 Å². The highest BCUT2D eigenvalue weighted by Gasteiger charge is 2.02. The molecular weight excluding hydrogens is 148 g/mol. The number of imidazole rings is 1. The lowest BCUT2D eigenvalue weighted by Crippen LogP contribution is -2.19. The van der Waals surface area contributed by atoms with Crippen LogP contribution in [0.2, 0.25) is 0 Å². The predicted molar refractivity (Wildman–Crippen MR) is 39.6 cm³/mol. The van der Waals surface area contributed by atoms with E-state index in [1.54, 1.807) is 0 Å². The summed E-state index contributed by atoms with van der Waals surface area (Å²) in [5.74, 6) is 0.493. The van der Waals surface area contributed by atoms with Gasteiger partial charge in [-0.25, -0.2) is 4.98 Å². The Labute approximate surface area is 63.3 Å². The first-order chi connectivity index (χ1) is 5.25. The van der Waals surface area contributed by atoms with Gasteiger partial charge in [0.1, 0.15) is 6.61 Å². The third-order valence-electron chi connectivity index (χ3n) is 1.08. The molecule has 1 rings (SSSR count). The maximum Gasteiger partial charge on any atom is 0.236 e. The molecule has 5 N–H and O–H groups in total. The number of aliphatic hydroxyl groups is 1. The van der Waals surface area contributed by atoms with Crippen molar-refractivity contribution in [3.05, 3.63) is 6.20 Å². The van der Waals surface area contributed by atoms with Gasteiger partial charge in [0.05, 0.1) is 12.8 Å². The first-order valence-electron chi connectivity index (χ1n) is 3.08. The molecule has 0 aromatic carbocycles. The van der Waals surface area contributed by atoms with Crippen molar-refractivity contribution >= 4 is 11.8 Å². The van der Waals surface area contributed by atoms with Gasteiger partial charge < -0.3 is 21.4 Å². The van der Waals surface area contributed by atoms with Crippen LogP contribution in [-0.4, -0.2) is 28.0 Å². The number of aliphatic hydroxyl groups excluding tert-OH is 1. The van der Waals surface area contributed by atoms with Gasteiger partial charge in [-0.1, -0.05) is 0 Å². The molecule has 0 unspecified atom stereocenters. The van der Waals surface area contributed by atoms with Gasteiger partial charge in [0, 0.05) is 0 Å². The van der Waals surface area contributed by atoms with Crippen molar-refractivity contribution in [2.24, 2.45) is 0 Å². The van der Waals surface area contributed by atoms with Crippen LogP contribution in [0.3, 0.4) is 0 Å². The number of nitrogens with zero attached hydrogens (tertiary/aromatic N) is 2. The summed E-state index contributed by atoms with van der Waals surface area (Å²) < 4.78 is 1.16. The molecule has 62 valence electrons. The van der Waals surface area contributed by atoms with Gasteiger partial charge in [0.2, 0.25) is 5.95 Å². The molecule has 0 bridgehead atoms. The van der Waals surface area contributed by atoms with E-state index in [4.69, 9.17) is 21.4 Å². The van der Waals surface area contributed by atoms with Crippen molar-refractivity contribution in [3.8, 4) is 0 Å². The predicted octanol–water partition coefficient (Wildman–Crippen LogP) is -1.53. The molecule has 0 fully saturated rings. The van der Waals surface area contributed by atoms with Crippen molar-refractivity contribution in [2.75, 3.05) is 24.7 Å². The normalized spacial score (nSPS) is 9.91. The molecule has 1 heterocycles. The van der Waals surface area contributed by atoms with Crippen LogP contribution in [0.1, 0.15) is 0 Å². The van der Waals surface area contributed by atoms with Gasteiger partial charge in [-0.3, -0.25) is 0 Å². The maximum absolute atomic E-state index is 8.41. The first kappa shape index (κ1) is 7.67. The standard InChI is InChI=1S/C5H10N4O2/c6-4-3-8-5(7)9(4)11-2-1-10/h3,10H,1-2,6H2,(H2,7,8). The number of nitrogen functional groups attached to an aromatic ring is 2. The number of hydrogen-bond donors (Lipinski definition) is 3. The van der Waals surface area contributed by atoms with Crippen LogP contribution in [-0.2, 0) is 0 Å². The lowest BCUT2D eigenvalue weighted by molar-refractivity contribution is 0.0826. The summed E-state index contributed by atoms with van der Waals surface area (Å²) >= 11 is 0. The average molecular weight is 158 g/mol. The Morgan fingerprint density at radius 2 is 2.36 bits per heavy atom. The van der Waals surface area contributed by atoms with E-state index in [2.05, 4.69) is 4.98 Å².